The van der Waals surface area contributed by atoms with Crippen LogP contribution in [0.1, 0.15) is 48.5 Å². The Hall–Kier alpha value is -3.84. The molecule has 6 rings (SSSR count). The van der Waals surface area contributed by atoms with Crippen LogP contribution >= 0.6 is 0 Å². The van der Waals surface area contributed by atoms with E-state index in [0.29, 0.717) is 0 Å². The van der Waals surface area contributed by atoms with Gasteiger partial charge in [-0.15, -0.1) is 0 Å². The number of hydrogen-bond donors (Lipinski definition) is 0. The van der Waals surface area contributed by atoms with Gasteiger partial charge in [0.2, 0.25) is 0 Å². The Morgan fingerprint density at radius 3 is 0.946 bits per heavy atom. The van der Waals surface area contributed by atoms with Crippen LogP contribution in [-0.4, -0.2) is 6.54 Å². The minimum Gasteiger partial charge on any atom is -0.342 e. The molecule has 0 N–H and O–H groups in total. The average molecular weight is 490 g/mol. The Kier molecular flexibility index (Phi) is 12.7. The van der Waals surface area contributed by atoms with E-state index in [1.807, 2.05) is 53.7 Å². The quantitative estimate of drug-likeness (QED) is 0.223. The van der Waals surface area contributed by atoms with Crippen LogP contribution in [0.5, 0.6) is 0 Å². The highest BCUT2D eigenvalue weighted by molar-refractivity contribution is 6.22. The molecule has 6 aromatic carbocycles. The van der Waals surface area contributed by atoms with E-state index in [0.717, 1.165) is 6.54 Å². The molecule has 0 saturated heterocycles. The first-order chi connectivity index (χ1) is 18.3. The normalized spacial score (nSPS) is 9.59. The summed E-state index contributed by atoms with van der Waals surface area (Å²) in [5.41, 5.74) is 2.48. The standard InChI is InChI=1S/C16H10.C14H15N.3C2H6/c1-3-11-7-9-13-5-2-6-14-10-8-12(4-1)15(11)16(13)14;1-2-15(13-9-5-3-6-10-13)14-11-7-4-8-12-14;3*1-2/h1-10H;3-12H,2H2,1H3;3*1-2H3. The SMILES string of the molecule is CC.CC.CC.CCN(c1ccccc1)c1ccccc1.c1cc2ccc3cccc4ccc(c1)c2c34. The predicted octanol–water partition coefficient (Wildman–Crippen LogP) is 11.5. The Morgan fingerprint density at radius 2 is 0.676 bits per heavy atom. The summed E-state index contributed by atoms with van der Waals surface area (Å²) >= 11 is 0. The second kappa shape index (κ2) is 16.0. The van der Waals surface area contributed by atoms with E-state index in [2.05, 4.69) is 121 Å². The lowest BCUT2D eigenvalue weighted by atomic mass is 9.95. The molecule has 37 heavy (non-hydrogen) atoms. The second-order valence-electron chi connectivity index (χ2n) is 7.70. The van der Waals surface area contributed by atoms with Crippen molar-refractivity contribution in [3.63, 3.8) is 0 Å². The fourth-order valence-corrected chi connectivity index (χ4v) is 4.40. The van der Waals surface area contributed by atoms with Crippen molar-refractivity contribution in [1.29, 1.82) is 0 Å². The number of hydrogen-bond acceptors (Lipinski definition) is 1. The van der Waals surface area contributed by atoms with Gasteiger partial charge in [0.15, 0.2) is 0 Å². The van der Waals surface area contributed by atoms with Gasteiger partial charge in [0.05, 0.1) is 0 Å². The number of rotatable bonds is 3. The summed E-state index contributed by atoms with van der Waals surface area (Å²) in [5.74, 6) is 0. The van der Waals surface area contributed by atoms with E-state index in [4.69, 9.17) is 0 Å². The first-order valence-electron chi connectivity index (χ1n) is 13.9. The van der Waals surface area contributed by atoms with Crippen molar-refractivity contribution >= 4 is 43.7 Å². The van der Waals surface area contributed by atoms with Gasteiger partial charge in [-0.3, -0.25) is 0 Å². The highest BCUT2D eigenvalue weighted by atomic mass is 15.1. The van der Waals surface area contributed by atoms with Gasteiger partial charge in [0.25, 0.3) is 0 Å². The molecular weight excluding hydrogens is 446 g/mol. The first-order valence-corrected chi connectivity index (χ1v) is 13.9. The lowest BCUT2D eigenvalue weighted by Crippen LogP contribution is -2.15. The molecule has 0 heterocycles. The molecule has 0 aliphatic heterocycles. The molecule has 0 aromatic heterocycles. The first kappa shape index (κ1) is 29.4. The van der Waals surface area contributed by atoms with Crippen LogP contribution in [0, 0.1) is 0 Å². The van der Waals surface area contributed by atoms with Crippen molar-refractivity contribution in [1.82, 2.24) is 0 Å². The minimum atomic E-state index is 0.980. The predicted molar refractivity (Wildman–Crippen MR) is 170 cm³/mol. The summed E-state index contributed by atoms with van der Waals surface area (Å²) in [6.07, 6.45) is 0. The zero-order valence-corrected chi connectivity index (χ0v) is 23.7. The maximum Gasteiger partial charge on any atom is 0.0410 e. The van der Waals surface area contributed by atoms with Gasteiger partial charge in [0, 0.05) is 17.9 Å². The van der Waals surface area contributed by atoms with Crippen molar-refractivity contribution in [3.8, 4) is 0 Å². The minimum absolute atomic E-state index is 0.980. The van der Waals surface area contributed by atoms with Crippen LogP contribution in [0.15, 0.2) is 121 Å². The molecule has 1 heteroatoms. The number of anilines is 2. The summed E-state index contributed by atoms with van der Waals surface area (Å²) in [4.78, 5) is 2.29. The summed E-state index contributed by atoms with van der Waals surface area (Å²) in [6.45, 7) is 15.1. The van der Waals surface area contributed by atoms with E-state index < -0.39 is 0 Å². The summed E-state index contributed by atoms with van der Waals surface area (Å²) in [6, 6.07) is 42.8. The smallest absolute Gasteiger partial charge is 0.0410 e. The van der Waals surface area contributed by atoms with Gasteiger partial charge in [-0.1, -0.05) is 139 Å². The van der Waals surface area contributed by atoms with Crippen molar-refractivity contribution in [3.05, 3.63) is 121 Å². The third-order valence-electron chi connectivity index (χ3n) is 5.84. The molecule has 0 aliphatic carbocycles. The molecule has 0 unspecified atom stereocenters. The molecule has 0 atom stereocenters. The van der Waals surface area contributed by atoms with Gasteiger partial charge < -0.3 is 4.90 Å². The van der Waals surface area contributed by atoms with Crippen LogP contribution in [0.2, 0.25) is 0 Å². The number of benzene rings is 6. The highest BCUT2D eigenvalue weighted by Gasteiger charge is 2.06. The maximum absolute atomic E-state index is 2.29. The van der Waals surface area contributed by atoms with Crippen molar-refractivity contribution in [2.75, 3.05) is 11.4 Å². The summed E-state index contributed by atoms with van der Waals surface area (Å²) < 4.78 is 0. The van der Waals surface area contributed by atoms with Crippen LogP contribution in [-0.2, 0) is 0 Å². The lowest BCUT2D eigenvalue weighted by Gasteiger charge is -2.23. The fourth-order valence-electron chi connectivity index (χ4n) is 4.40. The monoisotopic (exact) mass is 489 g/mol. The zero-order chi connectivity index (χ0) is 27.0. The van der Waals surface area contributed by atoms with Crippen molar-refractivity contribution in [2.24, 2.45) is 0 Å². The van der Waals surface area contributed by atoms with Crippen LogP contribution in [0.3, 0.4) is 0 Å². The van der Waals surface area contributed by atoms with Crippen LogP contribution in [0.25, 0.3) is 32.3 Å². The molecule has 0 bridgehead atoms. The van der Waals surface area contributed by atoms with Gasteiger partial charge in [-0.05, 0) is 63.5 Å². The third-order valence-corrected chi connectivity index (χ3v) is 5.84. The van der Waals surface area contributed by atoms with E-state index in [9.17, 15) is 0 Å². The van der Waals surface area contributed by atoms with Gasteiger partial charge >= 0.3 is 0 Å². The van der Waals surface area contributed by atoms with Crippen molar-refractivity contribution in [2.45, 2.75) is 48.5 Å². The van der Waals surface area contributed by atoms with Gasteiger partial charge in [-0.2, -0.15) is 0 Å². The molecule has 192 valence electrons. The second-order valence-corrected chi connectivity index (χ2v) is 7.70. The van der Waals surface area contributed by atoms with E-state index >= 15 is 0 Å². The number of para-hydroxylation sites is 2. The summed E-state index contributed by atoms with van der Waals surface area (Å²) in [7, 11) is 0. The Bertz CT molecular complexity index is 1240. The molecule has 6 aromatic rings. The molecular formula is C36H43N. The third kappa shape index (κ3) is 7.11. The van der Waals surface area contributed by atoms with E-state index in [-0.39, 0.29) is 0 Å². The lowest BCUT2D eigenvalue weighted by molar-refractivity contribution is 1.02. The van der Waals surface area contributed by atoms with Crippen LogP contribution < -0.4 is 4.90 Å². The summed E-state index contributed by atoms with van der Waals surface area (Å²) in [5, 5.41) is 8.14. The Labute approximate surface area is 224 Å². The zero-order valence-electron chi connectivity index (χ0n) is 23.7. The maximum atomic E-state index is 2.29. The van der Waals surface area contributed by atoms with E-state index in [1.54, 1.807) is 0 Å². The number of nitrogens with zero attached hydrogens (tertiary/aromatic N) is 1. The van der Waals surface area contributed by atoms with Gasteiger partial charge in [0.1, 0.15) is 0 Å². The molecule has 0 aliphatic rings. The van der Waals surface area contributed by atoms with E-state index in [1.165, 1.54) is 43.7 Å². The molecule has 0 fully saturated rings. The van der Waals surface area contributed by atoms with Crippen molar-refractivity contribution < 1.29 is 0 Å². The fraction of sp³-hybridized carbons (Fsp3) is 0.222. The Balaban J connectivity index is 0.000000218. The molecule has 0 amide bonds. The topological polar surface area (TPSA) is 3.24 Å². The van der Waals surface area contributed by atoms with Gasteiger partial charge in [-0.25, -0.2) is 0 Å². The Morgan fingerprint density at radius 1 is 0.378 bits per heavy atom. The molecule has 0 spiro atoms. The molecule has 0 radical (unpaired) electrons. The molecule has 1 nitrogen and oxygen atoms in total. The average Bonchev–Trinajstić information content (AvgIpc) is 3.01. The molecule has 0 saturated carbocycles. The highest BCUT2D eigenvalue weighted by Crippen LogP contribution is 2.33. The van der Waals surface area contributed by atoms with Crippen LogP contribution in [0.4, 0.5) is 11.4 Å². The largest absolute Gasteiger partial charge is 0.342 e.